The fourth-order valence-electron chi connectivity index (χ4n) is 1.48. The molecule has 1 fully saturated rings. The van der Waals surface area contributed by atoms with Crippen molar-refractivity contribution in [2.75, 3.05) is 13.1 Å². The molecule has 1 rings (SSSR count). The molecule has 0 aromatic carbocycles. The molecule has 1 aliphatic carbocycles. The summed E-state index contributed by atoms with van der Waals surface area (Å²) in [5.41, 5.74) is 5.83. The Labute approximate surface area is 108 Å². The Balaban J connectivity index is 0.00000256. The Kier molecular flexibility index (Phi) is 7.91. The van der Waals surface area contributed by atoms with Crippen LogP contribution in [0.3, 0.4) is 0 Å². The second-order valence-corrected chi connectivity index (χ2v) is 4.33. The van der Waals surface area contributed by atoms with Gasteiger partial charge < -0.3 is 16.4 Å². The maximum atomic E-state index is 11.3. The Bertz CT molecular complexity index is 257. The van der Waals surface area contributed by atoms with Gasteiger partial charge in [-0.05, 0) is 25.2 Å². The van der Waals surface area contributed by atoms with Gasteiger partial charge in [0.2, 0.25) is 11.8 Å². The van der Waals surface area contributed by atoms with Crippen LogP contribution in [0.5, 0.6) is 0 Å². The largest absolute Gasteiger partial charge is 0.353 e. The highest BCUT2D eigenvalue weighted by Crippen LogP contribution is 2.31. The first-order chi connectivity index (χ1) is 7.63. The predicted octanol–water partition coefficient (Wildman–Crippen LogP) is 0.178. The molecule has 17 heavy (non-hydrogen) atoms. The quantitative estimate of drug-likeness (QED) is 0.613. The summed E-state index contributed by atoms with van der Waals surface area (Å²) >= 11 is 0. The molecule has 0 saturated heterocycles. The molecule has 4 N–H and O–H groups in total. The molecule has 1 aliphatic rings. The molecule has 0 heterocycles. The number of rotatable bonds is 7. The summed E-state index contributed by atoms with van der Waals surface area (Å²) in [7, 11) is 0. The molecular weight excluding hydrogens is 242 g/mol. The zero-order chi connectivity index (χ0) is 12.0. The van der Waals surface area contributed by atoms with Gasteiger partial charge >= 0.3 is 0 Å². The van der Waals surface area contributed by atoms with E-state index in [4.69, 9.17) is 5.73 Å². The van der Waals surface area contributed by atoms with Crippen molar-refractivity contribution in [3.8, 4) is 0 Å². The van der Waals surface area contributed by atoms with Crippen molar-refractivity contribution in [2.24, 2.45) is 11.7 Å². The fraction of sp³-hybridized carbons (Fsp3) is 0.818. The molecule has 0 aliphatic heterocycles. The van der Waals surface area contributed by atoms with Crippen molar-refractivity contribution in [2.45, 2.75) is 38.6 Å². The second kappa shape index (κ2) is 8.31. The van der Waals surface area contributed by atoms with E-state index in [9.17, 15) is 9.59 Å². The summed E-state index contributed by atoms with van der Waals surface area (Å²) in [6, 6.07) is 0.0651. The van der Waals surface area contributed by atoms with Crippen LogP contribution in [0.2, 0.25) is 0 Å². The van der Waals surface area contributed by atoms with E-state index in [-0.39, 0.29) is 36.8 Å². The van der Waals surface area contributed by atoms with Gasteiger partial charge in [-0.15, -0.1) is 12.4 Å². The van der Waals surface area contributed by atoms with Crippen LogP contribution in [-0.4, -0.2) is 30.9 Å². The third-order valence-corrected chi connectivity index (χ3v) is 2.69. The lowest BCUT2D eigenvalue weighted by molar-refractivity contribution is -0.126. The monoisotopic (exact) mass is 263 g/mol. The number of amides is 2. The van der Waals surface area contributed by atoms with Gasteiger partial charge in [0.1, 0.15) is 0 Å². The van der Waals surface area contributed by atoms with Crippen molar-refractivity contribution in [3.63, 3.8) is 0 Å². The van der Waals surface area contributed by atoms with Crippen molar-refractivity contribution in [1.82, 2.24) is 10.6 Å². The van der Waals surface area contributed by atoms with E-state index in [1.54, 1.807) is 0 Å². The van der Waals surface area contributed by atoms with E-state index in [2.05, 4.69) is 10.6 Å². The van der Waals surface area contributed by atoms with Gasteiger partial charge in [-0.1, -0.05) is 6.92 Å². The van der Waals surface area contributed by atoms with Gasteiger partial charge in [0.05, 0.1) is 6.54 Å². The normalized spacial score (nSPS) is 15.6. The summed E-state index contributed by atoms with van der Waals surface area (Å²) in [6.07, 6.45) is 3.60. The Morgan fingerprint density at radius 2 is 1.94 bits per heavy atom. The van der Waals surface area contributed by atoms with Gasteiger partial charge in [-0.3, -0.25) is 9.59 Å². The first-order valence-electron chi connectivity index (χ1n) is 5.92. The van der Waals surface area contributed by atoms with E-state index >= 15 is 0 Å². The van der Waals surface area contributed by atoms with Crippen LogP contribution in [-0.2, 0) is 9.59 Å². The molecule has 1 atom stereocenters. The molecule has 1 saturated carbocycles. The number of hydrogen-bond donors (Lipinski definition) is 3. The average molecular weight is 264 g/mol. The molecule has 0 aromatic heterocycles. The Morgan fingerprint density at radius 1 is 1.29 bits per heavy atom. The third-order valence-electron chi connectivity index (χ3n) is 2.69. The van der Waals surface area contributed by atoms with E-state index in [0.29, 0.717) is 18.9 Å². The molecule has 0 aromatic rings. The molecule has 6 heteroatoms. The minimum atomic E-state index is -0.166. The van der Waals surface area contributed by atoms with Crippen molar-refractivity contribution < 1.29 is 9.59 Å². The van der Waals surface area contributed by atoms with Crippen LogP contribution < -0.4 is 16.4 Å². The number of carbonyl (C=O) groups excluding carboxylic acids is 2. The second-order valence-electron chi connectivity index (χ2n) is 4.33. The van der Waals surface area contributed by atoms with Gasteiger partial charge in [0.25, 0.3) is 0 Å². The summed E-state index contributed by atoms with van der Waals surface area (Å²) in [5, 5.41) is 5.28. The highest BCUT2D eigenvalue weighted by Gasteiger charge is 2.28. The van der Waals surface area contributed by atoms with E-state index in [1.807, 2.05) is 6.92 Å². The van der Waals surface area contributed by atoms with Crippen molar-refractivity contribution in [3.05, 3.63) is 0 Å². The Hall–Kier alpha value is -0.810. The lowest BCUT2D eigenvalue weighted by Crippen LogP contribution is -2.43. The lowest BCUT2D eigenvalue weighted by atomic mass is 10.2. The van der Waals surface area contributed by atoms with Crippen LogP contribution in [0.1, 0.15) is 32.6 Å². The molecule has 1 unspecified atom stereocenters. The SMILES string of the molecule is CCCC(=O)NCC(=O)NCC(N)C1CC1.Cl. The smallest absolute Gasteiger partial charge is 0.239 e. The molecule has 0 bridgehead atoms. The molecular formula is C11H22ClN3O2. The number of halogens is 1. The molecule has 2 amide bonds. The minimum absolute atomic E-state index is 0. The van der Waals surface area contributed by atoms with E-state index in [1.165, 1.54) is 12.8 Å². The van der Waals surface area contributed by atoms with Gasteiger partial charge in [-0.25, -0.2) is 0 Å². The molecule has 0 radical (unpaired) electrons. The highest BCUT2D eigenvalue weighted by atomic mass is 35.5. The zero-order valence-electron chi connectivity index (χ0n) is 10.2. The topological polar surface area (TPSA) is 84.2 Å². The van der Waals surface area contributed by atoms with Crippen LogP contribution in [0.4, 0.5) is 0 Å². The number of hydrogen-bond acceptors (Lipinski definition) is 3. The van der Waals surface area contributed by atoms with Gasteiger partial charge in [-0.2, -0.15) is 0 Å². The summed E-state index contributed by atoms with van der Waals surface area (Å²) in [4.78, 5) is 22.4. The summed E-state index contributed by atoms with van der Waals surface area (Å²) in [6.45, 7) is 2.48. The van der Waals surface area contributed by atoms with Gasteiger partial charge in [0.15, 0.2) is 0 Å². The fourth-order valence-corrected chi connectivity index (χ4v) is 1.48. The number of carbonyl (C=O) groups is 2. The van der Waals surface area contributed by atoms with Crippen LogP contribution in [0.25, 0.3) is 0 Å². The van der Waals surface area contributed by atoms with Crippen LogP contribution >= 0.6 is 12.4 Å². The Morgan fingerprint density at radius 3 is 2.47 bits per heavy atom. The van der Waals surface area contributed by atoms with Gasteiger partial charge in [0, 0.05) is 19.0 Å². The molecule has 5 nitrogen and oxygen atoms in total. The number of nitrogens with two attached hydrogens (primary N) is 1. The third kappa shape index (κ3) is 7.18. The zero-order valence-corrected chi connectivity index (χ0v) is 11.0. The van der Waals surface area contributed by atoms with E-state index in [0.717, 1.165) is 6.42 Å². The first-order valence-corrected chi connectivity index (χ1v) is 5.92. The summed E-state index contributed by atoms with van der Waals surface area (Å²) in [5.74, 6) is 0.333. The maximum absolute atomic E-state index is 11.3. The standard InChI is InChI=1S/C11H21N3O2.ClH/c1-2-3-10(15)14-7-11(16)13-6-9(12)8-4-5-8;/h8-9H,2-7,12H2,1H3,(H,13,16)(H,14,15);1H. The number of nitrogens with one attached hydrogen (secondary N) is 2. The highest BCUT2D eigenvalue weighted by molar-refractivity contribution is 5.85. The summed E-state index contributed by atoms with van der Waals surface area (Å²) < 4.78 is 0. The van der Waals surface area contributed by atoms with Crippen molar-refractivity contribution >= 4 is 24.2 Å². The maximum Gasteiger partial charge on any atom is 0.239 e. The van der Waals surface area contributed by atoms with E-state index < -0.39 is 0 Å². The van der Waals surface area contributed by atoms with Crippen LogP contribution in [0.15, 0.2) is 0 Å². The van der Waals surface area contributed by atoms with Crippen molar-refractivity contribution in [1.29, 1.82) is 0 Å². The molecule has 0 spiro atoms. The predicted molar refractivity (Wildman–Crippen MR) is 68.9 cm³/mol. The first kappa shape index (κ1) is 16.2. The minimum Gasteiger partial charge on any atom is -0.353 e. The lowest BCUT2D eigenvalue weighted by Gasteiger charge is -2.11. The average Bonchev–Trinajstić information content (AvgIpc) is 3.07. The molecule has 100 valence electrons. The van der Waals surface area contributed by atoms with Crippen LogP contribution in [0, 0.1) is 5.92 Å².